The van der Waals surface area contributed by atoms with Gasteiger partial charge in [-0.05, 0) is 51.1 Å². The summed E-state index contributed by atoms with van der Waals surface area (Å²) in [5, 5.41) is 18.1. The number of aromatic nitrogens is 1. The number of rotatable bonds is 3. The van der Waals surface area contributed by atoms with Crippen LogP contribution in [0.3, 0.4) is 0 Å². The van der Waals surface area contributed by atoms with Gasteiger partial charge >= 0.3 is 0 Å². The Bertz CT molecular complexity index is 841. The zero-order chi connectivity index (χ0) is 17.3. The molecule has 0 saturated carbocycles. The Morgan fingerprint density at radius 1 is 1.17 bits per heavy atom. The number of anilines is 1. The molecule has 0 amide bonds. The minimum Gasteiger partial charge on any atom is -0.494 e. The van der Waals surface area contributed by atoms with Crippen molar-refractivity contribution in [1.29, 1.82) is 0 Å². The van der Waals surface area contributed by atoms with E-state index in [2.05, 4.69) is 10.2 Å². The van der Waals surface area contributed by atoms with Crippen molar-refractivity contribution in [3.8, 4) is 5.88 Å². The number of azo groups is 1. The third-order valence-corrected chi connectivity index (χ3v) is 3.92. The topological polar surface area (TPSA) is 70.2 Å². The number of aromatic hydroxyl groups is 1. The Morgan fingerprint density at radius 2 is 1.83 bits per heavy atom. The predicted octanol–water partition coefficient (Wildman–Crippen LogP) is 2.95. The van der Waals surface area contributed by atoms with Crippen molar-refractivity contribution in [2.45, 2.75) is 20.8 Å². The smallest absolute Gasteiger partial charge is 0.281 e. The number of hydrogen-bond acceptors (Lipinski definition) is 5. The average molecular weight is 310 g/mol. The van der Waals surface area contributed by atoms with Crippen LogP contribution < -0.4 is 10.4 Å². The van der Waals surface area contributed by atoms with Crippen molar-refractivity contribution < 1.29 is 5.11 Å². The van der Waals surface area contributed by atoms with Gasteiger partial charge in [0.2, 0.25) is 7.98 Å². The van der Waals surface area contributed by atoms with Gasteiger partial charge in [-0.1, -0.05) is 6.07 Å². The molecule has 2 aromatic rings. The van der Waals surface area contributed by atoms with Crippen molar-refractivity contribution >= 4 is 25.0 Å². The van der Waals surface area contributed by atoms with E-state index in [1.165, 1.54) is 11.9 Å². The van der Waals surface area contributed by atoms with Crippen LogP contribution in [0.2, 0.25) is 0 Å². The van der Waals surface area contributed by atoms with Crippen molar-refractivity contribution in [3.63, 3.8) is 0 Å². The van der Waals surface area contributed by atoms with Gasteiger partial charge in [0.1, 0.15) is 0 Å². The number of aryl methyl sites for hydroxylation is 1. The van der Waals surface area contributed by atoms with Crippen LogP contribution in [-0.4, -0.2) is 24.7 Å². The summed E-state index contributed by atoms with van der Waals surface area (Å²) in [6.45, 7) is 5.42. The highest BCUT2D eigenvalue weighted by Crippen LogP contribution is 2.28. The van der Waals surface area contributed by atoms with Crippen LogP contribution in [0.1, 0.15) is 16.7 Å². The molecule has 6 nitrogen and oxygen atoms in total. The molecule has 7 heteroatoms. The molecule has 0 saturated heterocycles. The summed E-state index contributed by atoms with van der Waals surface area (Å²) in [6.07, 6.45) is 0. The molecule has 0 aliphatic heterocycles. The fourth-order valence-electron chi connectivity index (χ4n) is 2.28. The lowest BCUT2D eigenvalue weighted by molar-refractivity contribution is 0.418. The Hall–Kier alpha value is -2.57. The van der Waals surface area contributed by atoms with Gasteiger partial charge in [-0.3, -0.25) is 9.36 Å². The van der Waals surface area contributed by atoms with Crippen molar-refractivity contribution in [2.75, 3.05) is 11.9 Å². The Kier molecular flexibility index (Phi) is 4.59. The summed E-state index contributed by atoms with van der Waals surface area (Å²) in [4.78, 5) is 13.7. The second-order valence-electron chi connectivity index (χ2n) is 5.57. The normalized spacial score (nSPS) is 11.2. The summed E-state index contributed by atoms with van der Waals surface area (Å²) in [5.41, 5.74) is 3.47. The van der Waals surface area contributed by atoms with E-state index in [9.17, 15) is 9.90 Å². The number of nitrogens with zero attached hydrogens (tertiary/aromatic N) is 4. The number of benzene rings is 1. The van der Waals surface area contributed by atoms with Crippen LogP contribution in [0.25, 0.3) is 0 Å². The maximum Gasteiger partial charge on any atom is 0.281 e. The molecule has 1 heterocycles. The molecule has 1 aromatic carbocycles. The number of pyridine rings is 1. The molecule has 23 heavy (non-hydrogen) atoms. The molecule has 0 spiro atoms. The van der Waals surface area contributed by atoms with E-state index < -0.39 is 5.56 Å². The maximum absolute atomic E-state index is 12.2. The van der Waals surface area contributed by atoms with Gasteiger partial charge in [-0.25, -0.2) is 0 Å². The van der Waals surface area contributed by atoms with Crippen LogP contribution in [0.5, 0.6) is 5.88 Å². The molecular formula is C16H19BN4O2. The minimum atomic E-state index is -0.391. The monoisotopic (exact) mass is 310 g/mol. The van der Waals surface area contributed by atoms with Gasteiger partial charge in [0.25, 0.3) is 5.56 Å². The first-order valence-corrected chi connectivity index (χ1v) is 7.14. The SMILES string of the molecule is [B]N(C)c1cc(N=Nc2c(C)c(C)c(O)n(C)c2=O)ccc1C. The minimum absolute atomic E-state index is 0.0613. The summed E-state index contributed by atoms with van der Waals surface area (Å²) >= 11 is 0. The lowest BCUT2D eigenvalue weighted by Gasteiger charge is -2.16. The largest absolute Gasteiger partial charge is 0.494 e. The van der Waals surface area contributed by atoms with Gasteiger partial charge < -0.3 is 9.92 Å². The standard InChI is InChI=1S/C16H19BN4O2/c1-9-6-7-12(8-13(9)21(5)17)18-19-14-10(2)11(3)15(22)20(4)16(14)23/h6-8,22H,1-5H3. The van der Waals surface area contributed by atoms with E-state index in [-0.39, 0.29) is 11.6 Å². The molecule has 1 N–H and O–H groups in total. The van der Waals surface area contributed by atoms with Crippen molar-refractivity contribution in [3.05, 3.63) is 45.2 Å². The highest BCUT2D eigenvalue weighted by molar-refractivity contribution is 6.17. The van der Waals surface area contributed by atoms with E-state index in [0.29, 0.717) is 16.8 Å². The predicted molar refractivity (Wildman–Crippen MR) is 92.3 cm³/mol. The van der Waals surface area contributed by atoms with E-state index >= 15 is 0 Å². The van der Waals surface area contributed by atoms with Crippen LogP contribution >= 0.6 is 0 Å². The third-order valence-electron chi connectivity index (χ3n) is 3.92. The second kappa shape index (κ2) is 6.28. The van der Waals surface area contributed by atoms with Crippen molar-refractivity contribution in [2.24, 2.45) is 17.3 Å². The van der Waals surface area contributed by atoms with Gasteiger partial charge in [0.15, 0.2) is 11.6 Å². The highest BCUT2D eigenvalue weighted by Gasteiger charge is 2.14. The van der Waals surface area contributed by atoms with E-state index in [1.54, 1.807) is 33.0 Å². The molecule has 1 aromatic heterocycles. The molecule has 0 fully saturated rings. The lowest BCUT2D eigenvalue weighted by Crippen LogP contribution is -2.18. The zero-order valence-corrected chi connectivity index (χ0v) is 14.0. The summed E-state index contributed by atoms with van der Waals surface area (Å²) < 4.78 is 1.16. The Labute approximate surface area is 136 Å². The molecule has 2 radical (unpaired) electrons. The Morgan fingerprint density at radius 3 is 2.43 bits per heavy atom. The van der Waals surface area contributed by atoms with Gasteiger partial charge in [0, 0.05) is 18.3 Å². The number of hydrogen-bond donors (Lipinski definition) is 1. The van der Waals surface area contributed by atoms with Gasteiger partial charge in [-0.2, -0.15) is 5.11 Å². The summed E-state index contributed by atoms with van der Waals surface area (Å²) in [6, 6.07) is 5.49. The molecule has 0 aliphatic carbocycles. The average Bonchev–Trinajstić information content (AvgIpc) is 2.52. The van der Waals surface area contributed by atoms with Crippen LogP contribution in [0, 0.1) is 20.8 Å². The van der Waals surface area contributed by atoms with Crippen molar-refractivity contribution in [1.82, 2.24) is 4.57 Å². The van der Waals surface area contributed by atoms with Crippen LogP contribution in [-0.2, 0) is 7.05 Å². The van der Waals surface area contributed by atoms with Gasteiger partial charge in [0.05, 0.1) is 5.69 Å². The fraction of sp³-hybridized carbons (Fsp3) is 0.312. The zero-order valence-electron chi connectivity index (χ0n) is 14.0. The Balaban J connectivity index is 2.50. The molecular weight excluding hydrogens is 291 g/mol. The first-order valence-electron chi connectivity index (χ1n) is 7.14. The summed E-state index contributed by atoms with van der Waals surface area (Å²) in [5.74, 6) is -0.0613. The molecule has 0 unspecified atom stereocenters. The second-order valence-corrected chi connectivity index (χ2v) is 5.57. The van der Waals surface area contributed by atoms with E-state index in [1.807, 2.05) is 13.0 Å². The lowest BCUT2D eigenvalue weighted by atomic mass is 10.1. The van der Waals surface area contributed by atoms with Gasteiger partial charge in [-0.15, -0.1) is 5.11 Å². The molecule has 0 atom stereocenters. The molecule has 0 bridgehead atoms. The summed E-state index contributed by atoms with van der Waals surface area (Å²) in [7, 11) is 9.01. The fourth-order valence-corrected chi connectivity index (χ4v) is 2.28. The van der Waals surface area contributed by atoms with E-state index in [0.717, 1.165) is 15.8 Å². The molecule has 118 valence electrons. The molecule has 0 aliphatic rings. The third kappa shape index (κ3) is 3.13. The van der Waals surface area contributed by atoms with E-state index in [4.69, 9.17) is 7.98 Å². The first-order chi connectivity index (χ1) is 10.7. The van der Waals surface area contributed by atoms with Crippen LogP contribution in [0.15, 0.2) is 33.2 Å². The highest BCUT2D eigenvalue weighted by atomic mass is 16.3. The quantitative estimate of drug-likeness (QED) is 0.700. The van der Waals surface area contributed by atoms with Crippen LogP contribution in [0.4, 0.5) is 17.1 Å². The maximum atomic E-state index is 12.2. The first kappa shape index (κ1) is 16.8. The molecule has 2 rings (SSSR count).